The molecule has 0 spiro atoms. The average Bonchev–Trinajstić information content (AvgIpc) is 3.18. The van der Waals surface area contributed by atoms with Crippen molar-refractivity contribution < 1.29 is 5.11 Å². The first-order valence-electron chi connectivity index (χ1n) is 7.36. The highest BCUT2D eigenvalue weighted by molar-refractivity contribution is 4.99. The predicted octanol–water partition coefficient (Wildman–Crippen LogP) is 1.49. The lowest BCUT2D eigenvalue weighted by atomic mass is 9.79. The summed E-state index contributed by atoms with van der Waals surface area (Å²) in [6, 6.07) is 1.50. The van der Waals surface area contributed by atoms with Crippen LogP contribution in [0.5, 0.6) is 0 Å². The van der Waals surface area contributed by atoms with Gasteiger partial charge in [0, 0.05) is 24.2 Å². The number of nitrogens with two attached hydrogens (primary N) is 1. The van der Waals surface area contributed by atoms with Gasteiger partial charge in [0.15, 0.2) is 0 Å². The van der Waals surface area contributed by atoms with Crippen LogP contribution in [-0.4, -0.2) is 40.8 Å². The fraction of sp³-hybridized carbons (Fsp3) is 1.00. The summed E-state index contributed by atoms with van der Waals surface area (Å²) in [5.41, 5.74) is 5.98. The van der Waals surface area contributed by atoms with Crippen LogP contribution in [0.3, 0.4) is 0 Å². The van der Waals surface area contributed by atoms with Crippen LogP contribution >= 0.6 is 0 Å². The van der Waals surface area contributed by atoms with Crippen molar-refractivity contribution in [1.82, 2.24) is 4.90 Å². The van der Waals surface area contributed by atoms with Crippen LogP contribution in [-0.2, 0) is 0 Å². The summed E-state index contributed by atoms with van der Waals surface area (Å²) >= 11 is 0. The molecule has 2 atom stereocenters. The van der Waals surface area contributed by atoms with E-state index in [0.717, 1.165) is 24.8 Å². The lowest BCUT2D eigenvalue weighted by Gasteiger charge is -2.42. The van der Waals surface area contributed by atoms with Crippen molar-refractivity contribution in [3.63, 3.8) is 0 Å². The molecule has 0 radical (unpaired) electrons. The normalized spacial score (nSPS) is 38.6. The molecule has 3 N–H and O–H groups in total. The topological polar surface area (TPSA) is 49.5 Å². The SMILES string of the molecule is NC1(CO)CCCC(N(CC2CC2)C2CC2)C1. The first-order valence-corrected chi connectivity index (χ1v) is 7.36. The molecule has 3 saturated carbocycles. The molecule has 0 aromatic carbocycles. The maximum atomic E-state index is 9.45. The van der Waals surface area contributed by atoms with Gasteiger partial charge in [-0.15, -0.1) is 0 Å². The molecule has 3 fully saturated rings. The Labute approximate surface area is 104 Å². The molecule has 3 aliphatic rings. The van der Waals surface area contributed by atoms with Crippen molar-refractivity contribution in [3.8, 4) is 0 Å². The summed E-state index contributed by atoms with van der Waals surface area (Å²) in [4.78, 5) is 2.74. The standard InChI is InChI=1S/C14H26N2O/c15-14(10-17)7-1-2-13(8-14)16(12-5-6-12)9-11-3-4-11/h11-13,17H,1-10,15H2. The molecule has 0 aliphatic heterocycles. The Balaban J connectivity index is 1.63. The zero-order chi connectivity index (χ0) is 11.9. The monoisotopic (exact) mass is 238 g/mol. The van der Waals surface area contributed by atoms with Gasteiger partial charge >= 0.3 is 0 Å². The summed E-state index contributed by atoms with van der Waals surface area (Å²) in [6.07, 6.45) is 10.1. The molecule has 17 heavy (non-hydrogen) atoms. The molecular formula is C14H26N2O. The minimum absolute atomic E-state index is 0.158. The third-order valence-corrected chi connectivity index (χ3v) is 4.82. The van der Waals surface area contributed by atoms with Crippen molar-refractivity contribution in [2.45, 2.75) is 69.0 Å². The van der Waals surface area contributed by atoms with Crippen molar-refractivity contribution >= 4 is 0 Å². The van der Waals surface area contributed by atoms with Gasteiger partial charge in [0.2, 0.25) is 0 Å². The first-order chi connectivity index (χ1) is 8.20. The first kappa shape index (κ1) is 11.9. The fourth-order valence-electron chi connectivity index (χ4n) is 3.39. The van der Waals surface area contributed by atoms with E-state index < -0.39 is 0 Å². The minimum Gasteiger partial charge on any atom is -0.394 e. The predicted molar refractivity (Wildman–Crippen MR) is 68.7 cm³/mol. The van der Waals surface area contributed by atoms with E-state index >= 15 is 0 Å². The van der Waals surface area contributed by atoms with Crippen LogP contribution < -0.4 is 5.73 Å². The Morgan fingerprint density at radius 3 is 2.47 bits per heavy atom. The van der Waals surface area contributed by atoms with E-state index in [-0.39, 0.29) is 12.1 Å². The molecule has 2 unspecified atom stereocenters. The molecule has 3 rings (SSSR count). The van der Waals surface area contributed by atoms with E-state index in [1.807, 2.05) is 0 Å². The summed E-state index contributed by atoms with van der Waals surface area (Å²) in [5.74, 6) is 0.971. The third-order valence-electron chi connectivity index (χ3n) is 4.82. The van der Waals surface area contributed by atoms with Gasteiger partial charge in [-0.1, -0.05) is 0 Å². The summed E-state index contributed by atoms with van der Waals surface area (Å²) in [5, 5.41) is 9.45. The van der Waals surface area contributed by atoms with Crippen molar-refractivity contribution in [3.05, 3.63) is 0 Å². The van der Waals surface area contributed by atoms with Crippen molar-refractivity contribution in [2.24, 2.45) is 11.7 Å². The molecule has 0 aromatic rings. The zero-order valence-corrected chi connectivity index (χ0v) is 10.8. The van der Waals surface area contributed by atoms with Crippen LogP contribution in [0.1, 0.15) is 51.4 Å². The highest BCUT2D eigenvalue weighted by Gasteiger charge is 2.41. The summed E-state index contributed by atoms with van der Waals surface area (Å²) < 4.78 is 0. The Hall–Kier alpha value is -0.120. The highest BCUT2D eigenvalue weighted by Crippen LogP contribution is 2.40. The van der Waals surface area contributed by atoms with E-state index in [9.17, 15) is 5.11 Å². The molecule has 0 saturated heterocycles. The number of hydrogen-bond donors (Lipinski definition) is 2. The van der Waals surface area contributed by atoms with Gasteiger partial charge in [-0.05, 0) is 57.3 Å². The number of rotatable bonds is 5. The largest absolute Gasteiger partial charge is 0.394 e. The van der Waals surface area contributed by atoms with Crippen molar-refractivity contribution in [1.29, 1.82) is 0 Å². The van der Waals surface area contributed by atoms with Crippen LogP contribution in [0.15, 0.2) is 0 Å². The van der Waals surface area contributed by atoms with Crippen LogP contribution in [0.25, 0.3) is 0 Å². The maximum Gasteiger partial charge on any atom is 0.0611 e. The number of aliphatic hydroxyl groups excluding tert-OH is 1. The second kappa shape index (κ2) is 4.52. The Morgan fingerprint density at radius 2 is 1.88 bits per heavy atom. The van der Waals surface area contributed by atoms with E-state index in [0.29, 0.717) is 6.04 Å². The van der Waals surface area contributed by atoms with E-state index in [2.05, 4.69) is 4.90 Å². The molecule has 3 nitrogen and oxygen atoms in total. The quantitative estimate of drug-likeness (QED) is 0.763. The fourth-order valence-corrected chi connectivity index (χ4v) is 3.39. The second-order valence-corrected chi connectivity index (χ2v) is 6.64. The van der Waals surface area contributed by atoms with Gasteiger partial charge in [-0.3, -0.25) is 4.90 Å². The summed E-state index contributed by atoms with van der Waals surface area (Å²) in [6.45, 7) is 1.46. The second-order valence-electron chi connectivity index (χ2n) is 6.64. The number of nitrogens with zero attached hydrogens (tertiary/aromatic N) is 1. The molecule has 0 amide bonds. The van der Waals surface area contributed by atoms with E-state index in [1.54, 1.807) is 0 Å². The lowest BCUT2D eigenvalue weighted by Crippen LogP contribution is -2.53. The molecule has 3 aliphatic carbocycles. The number of aliphatic hydroxyl groups is 1. The van der Waals surface area contributed by atoms with Crippen LogP contribution in [0.2, 0.25) is 0 Å². The molecular weight excluding hydrogens is 212 g/mol. The van der Waals surface area contributed by atoms with Gasteiger partial charge in [-0.25, -0.2) is 0 Å². The van der Waals surface area contributed by atoms with E-state index in [1.165, 1.54) is 45.1 Å². The summed E-state index contributed by atoms with van der Waals surface area (Å²) in [7, 11) is 0. The molecule has 0 heterocycles. The zero-order valence-electron chi connectivity index (χ0n) is 10.8. The molecule has 0 bridgehead atoms. The highest BCUT2D eigenvalue weighted by atomic mass is 16.3. The smallest absolute Gasteiger partial charge is 0.0611 e. The minimum atomic E-state index is -0.292. The number of hydrogen-bond acceptors (Lipinski definition) is 3. The molecule has 3 heteroatoms. The van der Waals surface area contributed by atoms with E-state index in [4.69, 9.17) is 5.73 Å². The Morgan fingerprint density at radius 1 is 1.12 bits per heavy atom. The Bertz CT molecular complexity index is 275. The lowest BCUT2D eigenvalue weighted by molar-refractivity contribution is 0.0735. The van der Waals surface area contributed by atoms with Gasteiger partial charge in [0.1, 0.15) is 0 Å². The van der Waals surface area contributed by atoms with Gasteiger partial charge in [0.05, 0.1) is 6.61 Å². The van der Waals surface area contributed by atoms with Gasteiger partial charge < -0.3 is 10.8 Å². The average molecular weight is 238 g/mol. The van der Waals surface area contributed by atoms with Crippen LogP contribution in [0.4, 0.5) is 0 Å². The van der Waals surface area contributed by atoms with Crippen LogP contribution in [0, 0.1) is 5.92 Å². The van der Waals surface area contributed by atoms with Gasteiger partial charge in [0.25, 0.3) is 0 Å². The molecule has 0 aromatic heterocycles. The molecule has 98 valence electrons. The third kappa shape index (κ3) is 2.83. The van der Waals surface area contributed by atoms with Crippen molar-refractivity contribution in [2.75, 3.05) is 13.2 Å². The van der Waals surface area contributed by atoms with Gasteiger partial charge in [-0.2, -0.15) is 0 Å². The maximum absolute atomic E-state index is 9.45. The Kier molecular flexibility index (Phi) is 3.18.